The highest BCUT2D eigenvalue weighted by atomic mass is 16.4. The number of aryl methyl sites for hydroxylation is 2. The first kappa shape index (κ1) is 13.6. The lowest BCUT2D eigenvalue weighted by atomic mass is 9.80. The van der Waals surface area contributed by atoms with Crippen LogP contribution in [0, 0.1) is 6.92 Å². The van der Waals surface area contributed by atoms with E-state index in [0.717, 1.165) is 22.4 Å². The number of nitrogens with zero attached hydrogens (tertiary/aromatic N) is 2. The van der Waals surface area contributed by atoms with Crippen LogP contribution in [0.1, 0.15) is 38.1 Å². The fourth-order valence-electron chi connectivity index (χ4n) is 2.30. The summed E-state index contributed by atoms with van der Waals surface area (Å²) in [7, 11) is 2.00. The molecule has 0 aliphatic heterocycles. The van der Waals surface area contributed by atoms with Gasteiger partial charge in [0.2, 0.25) is 0 Å². The summed E-state index contributed by atoms with van der Waals surface area (Å²) in [5, 5.41) is 8.82. The zero-order chi connectivity index (χ0) is 14.2. The number of hydrogen-bond acceptors (Lipinski definition) is 2. The number of rotatable bonds is 4. The Kier molecular flexibility index (Phi) is 3.35. The number of fused-ring (bicyclic) bond motifs is 1. The average molecular weight is 260 g/mol. The molecule has 0 unspecified atom stereocenters. The lowest BCUT2D eigenvalue weighted by Gasteiger charge is -2.24. The number of carbonyl (C=O) groups is 1. The van der Waals surface area contributed by atoms with E-state index in [-0.39, 0.29) is 11.8 Å². The average Bonchev–Trinajstić information content (AvgIpc) is 2.62. The highest BCUT2D eigenvalue weighted by Crippen LogP contribution is 2.30. The molecule has 19 heavy (non-hydrogen) atoms. The van der Waals surface area contributed by atoms with Crippen LogP contribution in [0.25, 0.3) is 11.0 Å². The zero-order valence-electron chi connectivity index (χ0n) is 11.9. The molecule has 0 radical (unpaired) electrons. The molecule has 0 fully saturated rings. The lowest BCUT2D eigenvalue weighted by molar-refractivity contribution is -0.137. The first-order valence-electron chi connectivity index (χ1n) is 6.46. The molecule has 102 valence electrons. The Labute approximate surface area is 113 Å². The van der Waals surface area contributed by atoms with Crippen molar-refractivity contribution >= 4 is 17.0 Å². The van der Waals surface area contributed by atoms with Gasteiger partial charge < -0.3 is 9.67 Å². The van der Waals surface area contributed by atoms with Crippen molar-refractivity contribution in [2.75, 3.05) is 0 Å². The van der Waals surface area contributed by atoms with Crippen LogP contribution in [-0.2, 0) is 17.3 Å². The van der Waals surface area contributed by atoms with Crippen molar-refractivity contribution in [3.63, 3.8) is 0 Å². The maximum Gasteiger partial charge on any atom is 0.303 e. The number of aromatic nitrogens is 2. The van der Waals surface area contributed by atoms with E-state index in [4.69, 9.17) is 5.11 Å². The molecule has 0 atom stereocenters. The van der Waals surface area contributed by atoms with Crippen LogP contribution in [0.5, 0.6) is 0 Å². The van der Waals surface area contributed by atoms with Gasteiger partial charge in [0.05, 0.1) is 11.0 Å². The summed E-state index contributed by atoms with van der Waals surface area (Å²) in [4.78, 5) is 15.3. The standard InChI is InChI=1S/C15H20N2O2/c1-10-16-12-9-11(5-6-13(12)17(10)4)15(2,3)8-7-14(18)19/h5-6,9H,7-8H2,1-4H3,(H,18,19). The maximum atomic E-state index is 10.7. The van der Waals surface area contributed by atoms with Crippen molar-refractivity contribution < 1.29 is 9.90 Å². The Morgan fingerprint density at radius 1 is 1.42 bits per heavy atom. The van der Waals surface area contributed by atoms with Crippen molar-refractivity contribution in [3.05, 3.63) is 29.6 Å². The number of imidazole rings is 1. The predicted octanol–water partition coefficient (Wildman–Crippen LogP) is 3.02. The smallest absolute Gasteiger partial charge is 0.303 e. The van der Waals surface area contributed by atoms with Crippen LogP contribution in [-0.4, -0.2) is 20.6 Å². The maximum absolute atomic E-state index is 10.7. The largest absolute Gasteiger partial charge is 0.481 e. The summed E-state index contributed by atoms with van der Waals surface area (Å²) in [6.07, 6.45) is 0.811. The molecule has 0 aliphatic carbocycles. The third kappa shape index (κ3) is 2.62. The molecule has 4 nitrogen and oxygen atoms in total. The van der Waals surface area contributed by atoms with Gasteiger partial charge in [-0.1, -0.05) is 19.9 Å². The summed E-state index contributed by atoms with van der Waals surface area (Å²) in [6.45, 7) is 6.13. The van der Waals surface area contributed by atoms with E-state index in [0.29, 0.717) is 6.42 Å². The predicted molar refractivity (Wildman–Crippen MR) is 75.3 cm³/mol. The second-order valence-electron chi connectivity index (χ2n) is 5.70. The third-order valence-corrected chi connectivity index (χ3v) is 3.85. The molecular formula is C15H20N2O2. The van der Waals surface area contributed by atoms with Crippen LogP contribution in [0.3, 0.4) is 0 Å². The Morgan fingerprint density at radius 3 is 2.74 bits per heavy atom. The van der Waals surface area contributed by atoms with Gasteiger partial charge in [0.15, 0.2) is 0 Å². The molecule has 0 saturated heterocycles. The van der Waals surface area contributed by atoms with Gasteiger partial charge >= 0.3 is 5.97 Å². The highest BCUT2D eigenvalue weighted by molar-refractivity contribution is 5.77. The van der Waals surface area contributed by atoms with E-state index < -0.39 is 5.97 Å². The lowest BCUT2D eigenvalue weighted by Crippen LogP contribution is -2.18. The fourth-order valence-corrected chi connectivity index (χ4v) is 2.30. The minimum atomic E-state index is -0.747. The van der Waals surface area contributed by atoms with Gasteiger partial charge in [-0.2, -0.15) is 0 Å². The van der Waals surface area contributed by atoms with Gasteiger partial charge in [0.25, 0.3) is 0 Å². The van der Waals surface area contributed by atoms with Crippen molar-refractivity contribution in [2.45, 2.75) is 39.0 Å². The van der Waals surface area contributed by atoms with Crippen LogP contribution in [0.15, 0.2) is 18.2 Å². The molecule has 4 heteroatoms. The van der Waals surface area contributed by atoms with Crippen LogP contribution in [0.2, 0.25) is 0 Å². The molecule has 1 N–H and O–H groups in total. The van der Waals surface area contributed by atoms with E-state index in [9.17, 15) is 4.79 Å². The summed E-state index contributed by atoms with van der Waals surface area (Å²) >= 11 is 0. The normalized spacial score (nSPS) is 12.0. The molecular weight excluding hydrogens is 240 g/mol. The third-order valence-electron chi connectivity index (χ3n) is 3.85. The molecule has 1 heterocycles. The molecule has 0 spiro atoms. The first-order valence-corrected chi connectivity index (χ1v) is 6.46. The minimum Gasteiger partial charge on any atom is -0.481 e. The van der Waals surface area contributed by atoms with Crippen molar-refractivity contribution in [2.24, 2.45) is 7.05 Å². The molecule has 2 aromatic rings. The minimum absolute atomic E-state index is 0.155. The Bertz CT molecular complexity index is 626. The number of hydrogen-bond donors (Lipinski definition) is 1. The zero-order valence-corrected chi connectivity index (χ0v) is 11.9. The van der Waals surface area contributed by atoms with Gasteiger partial charge in [-0.05, 0) is 36.5 Å². The van der Waals surface area contributed by atoms with E-state index >= 15 is 0 Å². The number of carboxylic acid groups (broad SMARTS) is 1. The summed E-state index contributed by atoms with van der Waals surface area (Å²) in [5.74, 6) is 0.235. The van der Waals surface area contributed by atoms with Crippen molar-refractivity contribution in [1.82, 2.24) is 9.55 Å². The van der Waals surface area contributed by atoms with Gasteiger partial charge in [-0.15, -0.1) is 0 Å². The monoisotopic (exact) mass is 260 g/mol. The number of carboxylic acids is 1. The Hall–Kier alpha value is -1.84. The van der Waals surface area contributed by atoms with E-state index in [1.807, 2.05) is 14.0 Å². The quantitative estimate of drug-likeness (QED) is 0.919. The molecule has 0 amide bonds. The van der Waals surface area contributed by atoms with Gasteiger partial charge in [-0.3, -0.25) is 4.79 Å². The second kappa shape index (κ2) is 4.68. The van der Waals surface area contributed by atoms with Gasteiger partial charge in [0.1, 0.15) is 5.82 Å². The fraction of sp³-hybridized carbons (Fsp3) is 0.467. The summed E-state index contributed by atoms with van der Waals surface area (Å²) in [5.41, 5.74) is 3.06. The molecule has 1 aromatic heterocycles. The van der Waals surface area contributed by atoms with Crippen molar-refractivity contribution in [3.8, 4) is 0 Å². The summed E-state index contributed by atoms with van der Waals surface area (Å²) < 4.78 is 2.06. The Morgan fingerprint density at radius 2 is 2.11 bits per heavy atom. The SMILES string of the molecule is Cc1nc2cc(C(C)(C)CCC(=O)O)ccc2n1C. The van der Waals surface area contributed by atoms with E-state index in [1.54, 1.807) is 0 Å². The molecule has 0 saturated carbocycles. The van der Waals surface area contributed by atoms with E-state index in [2.05, 4.69) is 41.6 Å². The topological polar surface area (TPSA) is 55.1 Å². The molecule has 0 bridgehead atoms. The van der Waals surface area contributed by atoms with Crippen LogP contribution in [0.4, 0.5) is 0 Å². The van der Waals surface area contributed by atoms with E-state index in [1.165, 1.54) is 0 Å². The van der Waals surface area contributed by atoms with Crippen LogP contribution >= 0.6 is 0 Å². The van der Waals surface area contributed by atoms with Crippen LogP contribution < -0.4 is 0 Å². The highest BCUT2D eigenvalue weighted by Gasteiger charge is 2.22. The second-order valence-corrected chi connectivity index (χ2v) is 5.70. The van der Waals surface area contributed by atoms with Gasteiger partial charge in [0, 0.05) is 13.5 Å². The summed E-state index contributed by atoms with van der Waals surface area (Å²) in [6, 6.07) is 6.21. The molecule has 0 aliphatic rings. The number of aliphatic carboxylic acids is 1. The number of benzene rings is 1. The van der Waals surface area contributed by atoms with Gasteiger partial charge in [-0.25, -0.2) is 4.98 Å². The first-order chi connectivity index (χ1) is 8.81. The van der Waals surface area contributed by atoms with Crippen molar-refractivity contribution in [1.29, 1.82) is 0 Å². The molecule has 1 aromatic carbocycles. The Balaban J connectivity index is 2.37. The molecule has 2 rings (SSSR count).